The number of nitrogens with zero attached hydrogens (tertiary/aromatic N) is 1. The number of amides is 1. The van der Waals surface area contributed by atoms with E-state index >= 15 is 0 Å². The van der Waals surface area contributed by atoms with Crippen LogP contribution in [-0.2, 0) is 11.4 Å². The van der Waals surface area contributed by atoms with E-state index in [9.17, 15) is 14.4 Å². The smallest absolute Gasteiger partial charge is 0.266 e. The number of carbonyl (C=O) groups excluding carboxylic acids is 1. The summed E-state index contributed by atoms with van der Waals surface area (Å²) < 4.78 is 20.2. The molecule has 150 valence electrons. The van der Waals surface area contributed by atoms with Gasteiger partial charge in [0.05, 0.1) is 14.3 Å². The quantitative estimate of drug-likeness (QED) is 0.233. The fourth-order valence-electron chi connectivity index (χ4n) is 2.56. The van der Waals surface area contributed by atoms with E-state index in [1.807, 2.05) is 6.07 Å². The maximum absolute atomic E-state index is 13.7. The zero-order chi connectivity index (χ0) is 21.5. The second kappa shape index (κ2) is 10.2. The number of nitriles is 1. The number of carbonyl (C=O) groups is 1. The molecule has 0 radical (unpaired) electrons. The number of para-hydroxylation sites is 1. The van der Waals surface area contributed by atoms with Gasteiger partial charge in [0, 0.05) is 5.56 Å². The highest BCUT2D eigenvalue weighted by molar-refractivity contribution is 14.1. The minimum atomic E-state index is -0.555. The molecule has 0 aliphatic rings. The second-order valence-electron chi connectivity index (χ2n) is 6.17. The van der Waals surface area contributed by atoms with E-state index in [1.54, 1.807) is 60.7 Å². The molecule has 3 rings (SSSR count). The number of hydrogen-bond acceptors (Lipinski definition) is 3. The van der Waals surface area contributed by atoms with Crippen LogP contribution in [0.3, 0.4) is 0 Å². The molecule has 0 unspecified atom stereocenters. The van der Waals surface area contributed by atoms with Crippen molar-refractivity contribution in [2.75, 3.05) is 5.32 Å². The lowest BCUT2D eigenvalue weighted by Crippen LogP contribution is -2.13. The highest BCUT2D eigenvalue weighted by Crippen LogP contribution is 2.25. The van der Waals surface area contributed by atoms with E-state index < -0.39 is 5.91 Å². The first-order chi connectivity index (χ1) is 14.5. The highest BCUT2D eigenvalue weighted by atomic mass is 127. The van der Waals surface area contributed by atoms with Crippen LogP contribution in [0, 0.1) is 20.7 Å². The first-order valence-electron chi connectivity index (χ1n) is 8.81. The van der Waals surface area contributed by atoms with Gasteiger partial charge in [-0.25, -0.2) is 4.39 Å². The van der Waals surface area contributed by atoms with E-state index in [1.165, 1.54) is 12.1 Å². The third kappa shape index (κ3) is 5.59. The van der Waals surface area contributed by atoms with Crippen LogP contribution in [0.1, 0.15) is 11.1 Å². The van der Waals surface area contributed by atoms with Crippen molar-refractivity contribution in [1.82, 2.24) is 0 Å². The van der Waals surface area contributed by atoms with Gasteiger partial charge < -0.3 is 10.1 Å². The maximum atomic E-state index is 13.7. The van der Waals surface area contributed by atoms with Crippen molar-refractivity contribution in [2.45, 2.75) is 6.61 Å². The molecule has 0 spiro atoms. The Bertz CT molecular complexity index is 1160. The van der Waals surface area contributed by atoms with Crippen LogP contribution in [0.4, 0.5) is 10.1 Å². The molecule has 0 aromatic heterocycles. The predicted octanol–water partition coefficient (Wildman–Crippen LogP) is 6.21. The summed E-state index contributed by atoms with van der Waals surface area (Å²) in [6.45, 7) is 0.0988. The van der Waals surface area contributed by atoms with E-state index in [4.69, 9.17) is 16.3 Å². The van der Waals surface area contributed by atoms with Gasteiger partial charge in [0.2, 0.25) is 0 Å². The van der Waals surface area contributed by atoms with Crippen LogP contribution in [0.2, 0.25) is 5.02 Å². The molecule has 1 N–H and O–H groups in total. The van der Waals surface area contributed by atoms with Crippen LogP contribution in [0.15, 0.2) is 72.3 Å². The summed E-state index contributed by atoms with van der Waals surface area (Å²) in [5, 5.41) is 12.4. The highest BCUT2D eigenvalue weighted by Gasteiger charge is 2.12. The third-order valence-electron chi connectivity index (χ3n) is 4.10. The van der Waals surface area contributed by atoms with Gasteiger partial charge in [0.15, 0.2) is 0 Å². The van der Waals surface area contributed by atoms with Crippen LogP contribution >= 0.6 is 34.2 Å². The van der Waals surface area contributed by atoms with Gasteiger partial charge in [-0.2, -0.15) is 5.26 Å². The zero-order valence-corrected chi connectivity index (χ0v) is 18.4. The van der Waals surface area contributed by atoms with Crippen LogP contribution in [-0.4, -0.2) is 5.91 Å². The topological polar surface area (TPSA) is 62.1 Å². The molecule has 0 fully saturated rings. The molecular formula is C23H15ClFIN2O2. The van der Waals surface area contributed by atoms with Crippen molar-refractivity contribution >= 4 is 51.9 Å². The Balaban J connectivity index is 1.73. The lowest BCUT2D eigenvalue weighted by atomic mass is 10.1. The van der Waals surface area contributed by atoms with Crippen molar-refractivity contribution in [1.29, 1.82) is 5.26 Å². The minimum Gasteiger partial charge on any atom is -0.488 e. The van der Waals surface area contributed by atoms with Gasteiger partial charge >= 0.3 is 0 Å². The zero-order valence-electron chi connectivity index (χ0n) is 15.5. The summed E-state index contributed by atoms with van der Waals surface area (Å²) in [6, 6.07) is 20.3. The predicted molar refractivity (Wildman–Crippen MR) is 124 cm³/mol. The number of benzene rings is 3. The van der Waals surface area contributed by atoms with E-state index in [-0.39, 0.29) is 18.0 Å². The first-order valence-corrected chi connectivity index (χ1v) is 10.3. The van der Waals surface area contributed by atoms with Crippen molar-refractivity contribution in [3.8, 4) is 11.8 Å². The van der Waals surface area contributed by atoms with Gasteiger partial charge in [-0.1, -0.05) is 48.0 Å². The summed E-state index contributed by atoms with van der Waals surface area (Å²) >= 11 is 8.13. The monoisotopic (exact) mass is 532 g/mol. The standard InChI is InChI=1S/C23H15ClFIN2O2/c24-18-6-2-4-8-21(18)28-23(29)17(13-27)11-15-9-10-22(20(26)12-15)30-14-16-5-1-3-7-19(16)25/h1-12H,14H2,(H,28,29)/b17-11+. The Kier molecular flexibility index (Phi) is 7.44. The molecule has 0 aliphatic carbocycles. The first kappa shape index (κ1) is 21.8. The van der Waals surface area contributed by atoms with Gasteiger partial charge in [0.25, 0.3) is 5.91 Å². The number of hydrogen-bond donors (Lipinski definition) is 1. The Hall–Kier alpha value is -2.89. The lowest BCUT2D eigenvalue weighted by Gasteiger charge is -2.10. The normalized spacial score (nSPS) is 10.9. The van der Waals surface area contributed by atoms with Crippen molar-refractivity contribution < 1.29 is 13.9 Å². The largest absolute Gasteiger partial charge is 0.488 e. The average molecular weight is 533 g/mol. The average Bonchev–Trinajstić information content (AvgIpc) is 2.74. The van der Waals surface area contributed by atoms with Crippen molar-refractivity contribution in [3.63, 3.8) is 0 Å². The number of halogens is 3. The molecule has 0 saturated heterocycles. The molecule has 0 aliphatic heterocycles. The SMILES string of the molecule is N#C/C(=C\c1ccc(OCc2ccccc2F)c(I)c1)C(=O)Nc1ccccc1Cl. The molecule has 3 aromatic rings. The molecule has 0 saturated carbocycles. The minimum absolute atomic E-state index is 0.0641. The fraction of sp³-hybridized carbons (Fsp3) is 0.0435. The Labute approximate surface area is 192 Å². The Morgan fingerprint density at radius 1 is 1.17 bits per heavy atom. The molecule has 0 atom stereocenters. The Morgan fingerprint density at radius 3 is 2.60 bits per heavy atom. The molecule has 4 nitrogen and oxygen atoms in total. The van der Waals surface area contributed by atoms with Gasteiger partial charge in [-0.3, -0.25) is 4.79 Å². The molecule has 3 aromatic carbocycles. The fourth-order valence-corrected chi connectivity index (χ4v) is 3.44. The van der Waals surface area contributed by atoms with E-state index in [0.717, 1.165) is 3.57 Å². The van der Waals surface area contributed by atoms with Crippen LogP contribution in [0.5, 0.6) is 5.75 Å². The molecular weight excluding hydrogens is 518 g/mol. The molecule has 0 heterocycles. The molecule has 30 heavy (non-hydrogen) atoms. The molecule has 7 heteroatoms. The van der Waals surface area contributed by atoms with Crippen LogP contribution in [0.25, 0.3) is 6.08 Å². The Morgan fingerprint density at radius 2 is 1.90 bits per heavy atom. The maximum Gasteiger partial charge on any atom is 0.266 e. The number of anilines is 1. The summed E-state index contributed by atoms with van der Waals surface area (Å²) in [4.78, 5) is 12.4. The second-order valence-corrected chi connectivity index (χ2v) is 7.74. The van der Waals surface area contributed by atoms with Crippen molar-refractivity contribution in [2.24, 2.45) is 0 Å². The third-order valence-corrected chi connectivity index (χ3v) is 5.27. The summed E-state index contributed by atoms with van der Waals surface area (Å²) in [7, 11) is 0. The molecule has 0 bridgehead atoms. The van der Waals surface area contributed by atoms with Gasteiger partial charge in [-0.05, 0) is 64.6 Å². The summed E-state index contributed by atoms with van der Waals surface area (Å²) in [6.07, 6.45) is 1.48. The number of nitrogens with one attached hydrogen (secondary N) is 1. The van der Waals surface area contributed by atoms with Crippen LogP contribution < -0.4 is 10.1 Å². The van der Waals surface area contributed by atoms with E-state index in [0.29, 0.717) is 27.6 Å². The summed E-state index contributed by atoms with van der Waals surface area (Å²) in [5.74, 6) is -0.300. The number of rotatable bonds is 6. The van der Waals surface area contributed by atoms with Crippen molar-refractivity contribution in [3.05, 3.63) is 97.8 Å². The van der Waals surface area contributed by atoms with Gasteiger partial charge in [0.1, 0.15) is 29.8 Å². The molecule has 1 amide bonds. The summed E-state index contributed by atoms with van der Waals surface area (Å²) in [5.41, 5.74) is 1.48. The van der Waals surface area contributed by atoms with Gasteiger partial charge in [-0.15, -0.1) is 0 Å². The number of ether oxygens (including phenoxy) is 1. The lowest BCUT2D eigenvalue weighted by molar-refractivity contribution is -0.112. The van der Waals surface area contributed by atoms with E-state index in [2.05, 4.69) is 27.9 Å².